The van der Waals surface area contributed by atoms with Gasteiger partial charge in [-0.1, -0.05) is 13.0 Å². The standard InChI is InChI=1S/C24H27FN4O2/c1-16(19-15-26-20-7-6-17(25)14-18(19)20)8-9-28-10-12-29(13-11-28)22-5-3-4-21-23(22)31-24(30)27(21)2/h3-7,14-16,26H,8-13H2,1-2H3. The van der Waals surface area contributed by atoms with Crippen molar-refractivity contribution < 1.29 is 8.81 Å². The molecule has 0 radical (unpaired) electrons. The molecule has 31 heavy (non-hydrogen) atoms. The number of aromatic amines is 1. The molecular formula is C24H27FN4O2. The number of aromatic nitrogens is 2. The van der Waals surface area contributed by atoms with Crippen molar-refractivity contribution in [2.75, 3.05) is 37.6 Å². The van der Waals surface area contributed by atoms with E-state index in [-0.39, 0.29) is 11.6 Å². The minimum absolute atomic E-state index is 0.194. The molecule has 2 aromatic heterocycles. The van der Waals surface area contributed by atoms with E-state index in [1.54, 1.807) is 23.7 Å². The van der Waals surface area contributed by atoms with Gasteiger partial charge < -0.3 is 14.3 Å². The molecule has 1 atom stereocenters. The van der Waals surface area contributed by atoms with Crippen LogP contribution in [0.4, 0.5) is 10.1 Å². The van der Waals surface area contributed by atoms with Crippen LogP contribution in [0.3, 0.4) is 0 Å². The van der Waals surface area contributed by atoms with Crippen LogP contribution in [0.5, 0.6) is 0 Å². The number of hydrogen-bond acceptors (Lipinski definition) is 4. The van der Waals surface area contributed by atoms with Crippen LogP contribution >= 0.6 is 0 Å². The first-order valence-corrected chi connectivity index (χ1v) is 10.8. The maximum absolute atomic E-state index is 13.7. The Bertz CT molecular complexity index is 1280. The summed E-state index contributed by atoms with van der Waals surface area (Å²) in [5.41, 5.74) is 4.65. The first-order valence-electron chi connectivity index (χ1n) is 10.8. The van der Waals surface area contributed by atoms with Crippen molar-refractivity contribution in [2.24, 2.45) is 7.05 Å². The van der Waals surface area contributed by atoms with Crippen molar-refractivity contribution in [2.45, 2.75) is 19.3 Å². The van der Waals surface area contributed by atoms with Crippen LogP contribution < -0.4 is 10.7 Å². The molecule has 0 bridgehead atoms. The summed E-state index contributed by atoms with van der Waals surface area (Å²) in [6, 6.07) is 10.8. The van der Waals surface area contributed by atoms with Gasteiger partial charge in [-0.2, -0.15) is 0 Å². The highest BCUT2D eigenvalue weighted by Crippen LogP contribution is 2.29. The van der Waals surface area contributed by atoms with E-state index >= 15 is 0 Å². The first-order chi connectivity index (χ1) is 15.0. The molecule has 1 aliphatic rings. The summed E-state index contributed by atoms with van der Waals surface area (Å²) < 4.78 is 20.7. The molecule has 0 aliphatic carbocycles. The Morgan fingerprint density at radius 2 is 1.97 bits per heavy atom. The van der Waals surface area contributed by atoms with Crippen LogP contribution in [0, 0.1) is 5.82 Å². The van der Waals surface area contributed by atoms with E-state index in [0.717, 1.165) is 61.3 Å². The highest BCUT2D eigenvalue weighted by atomic mass is 19.1. The summed E-state index contributed by atoms with van der Waals surface area (Å²) in [6.45, 7) is 6.92. The number of para-hydroxylation sites is 1. The van der Waals surface area contributed by atoms with Crippen LogP contribution in [0.25, 0.3) is 22.0 Å². The Morgan fingerprint density at radius 1 is 1.16 bits per heavy atom. The van der Waals surface area contributed by atoms with Gasteiger partial charge in [0.25, 0.3) is 0 Å². The van der Waals surface area contributed by atoms with E-state index in [2.05, 4.69) is 21.7 Å². The van der Waals surface area contributed by atoms with Crippen LogP contribution in [0.15, 0.2) is 51.8 Å². The zero-order chi connectivity index (χ0) is 21.5. The molecule has 4 aromatic rings. The number of oxazole rings is 1. The van der Waals surface area contributed by atoms with Crippen LogP contribution in [0.2, 0.25) is 0 Å². The van der Waals surface area contributed by atoms with Crippen molar-refractivity contribution in [3.63, 3.8) is 0 Å². The maximum Gasteiger partial charge on any atom is 0.419 e. The lowest BCUT2D eigenvalue weighted by Gasteiger charge is -2.36. The van der Waals surface area contributed by atoms with Gasteiger partial charge in [0.2, 0.25) is 0 Å². The molecule has 0 spiro atoms. The first kappa shape index (κ1) is 19.9. The van der Waals surface area contributed by atoms with Gasteiger partial charge in [0.15, 0.2) is 5.58 Å². The summed E-state index contributed by atoms with van der Waals surface area (Å²) in [4.78, 5) is 20.0. The molecular weight excluding hydrogens is 395 g/mol. The number of nitrogens with zero attached hydrogens (tertiary/aromatic N) is 3. The largest absolute Gasteiger partial charge is 0.419 e. The fourth-order valence-electron chi connectivity index (χ4n) is 4.65. The third-order valence-corrected chi connectivity index (χ3v) is 6.60. The van der Waals surface area contributed by atoms with E-state index < -0.39 is 0 Å². The normalized spacial score (nSPS) is 16.4. The molecule has 7 heteroatoms. The zero-order valence-corrected chi connectivity index (χ0v) is 17.9. The Labute approximate surface area is 179 Å². The molecule has 1 aliphatic heterocycles. The molecule has 1 fully saturated rings. The van der Waals surface area contributed by atoms with Crippen molar-refractivity contribution in [1.29, 1.82) is 0 Å². The smallest absolute Gasteiger partial charge is 0.405 e. The predicted molar refractivity (Wildman–Crippen MR) is 121 cm³/mol. The van der Waals surface area contributed by atoms with E-state index in [9.17, 15) is 9.18 Å². The fourth-order valence-corrected chi connectivity index (χ4v) is 4.65. The van der Waals surface area contributed by atoms with E-state index in [0.29, 0.717) is 11.5 Å². The molecule has 3 heterocycles. The summed E-state index contributed by atoms with van der Waals surface area (Å²) in [7, 11) is 1.74. The van der Waals surface area contributed by atoms with E-state index in [1.165, 1.54) is 11.6 Å². The van der Waals surface area contributed by atoms with Crippen LogP contribution in [-0.4, -0.2) is 47.2 Å². The molecule has 1 N–H and O–H groups in total. The number of hydrogen-bond donors (Lipinski definition) is 1. The number of H-pyrrole nitrogens is 1. The SMILES string of the molecule is CC(CCN1CCN(c2cccc3c2oc(=O)n3C)CC1)c1c[nH]c2ccc(F)cc12. The number of benzene rings is 2. The second-order valence-corrected chi connectivity index (χ2v) is 8.50. The summed E-state index contributed by atoms with van der Waals surface area (Å²) in [5.74, 6) is -0.172. The van der Waals surface area contributed by atoms with E-state index in [4.69, 9.17) is 4.42 Å². The number of anilines is 1. The average molecular weight is 423 g/mol. The predicted octanol–water partition coefficient (Wildman–Crippen LogP) is 4.07. The lowest BCUT2D eigenvalue weighted by atomic mass is 9.97. The summed E-state index contributed by atoms with van der Waals surface area (Å²) in [6.07, 6.45) is 3.04. The second kappa shape index (κ2) is 7.89. The Balaban J connectivity index is 1.22. The van der Waals surface area contributed by atoms with Gasteiger partial charge in [0.05, 0.1) is 11.2 Å². The highest BCUT2D eigenvalue weighted by Gasteiger charge is 2.22. The Hall–Kier alpha value is -3.06. The lowest BCUT2D eigenvalue weighted by Crippen LogP contribution is -2.46. The summed E-state index contributed by atoms with van der Waals surface area (Å²) in [5, 5.41) is 0.981. The summed E-state index contributed by atoms with van der Waals surface area (Å²) >= 11 is 0. The maximum atomic E-state index is 13.7. The monoisotopic (exact) mass is 422 g/mol. The average Bonchev–Trinajstić information content (AvgIpc) is 3.33. The Kier molecular flexibility index (Phi) is 5.06. The number of rotatable bonds is 5. The number of fused-ring (bicyclic) bond motifs is 2. The number of piperazine rings is 1. The highest BCUT2D eigenvalue weighted by molar-refractivity contribution is 5.87. The quantitative estimate of drug-likeness (QED) is 0.527. The molecule has 162 valence electrons. The van der Waals surface area contributed by atoms with Gasteiger partial charge in [0.1, 0.15) is 5.82 Å². The number of aryl methyl sites for hydroxylation is 1. The third kappa shape index (κ3) is 3.63. The van der Waals surface area contributed by atoms with Crippen molar-refractivity contribution in [1.82, 2.24) is 14.5 Å². The molecule has 1 saturated heterocycles. The number of halogens is 1. The van der Waals surface area contributed by atoms with Crippen LogP contribution in [-0.2, 0) is 7.05 Å². The number of nitrogens with one attached hydrogen (secondary N) is 1. The van der Waals surface area contributed by atoms with Crippen molar-refractivity contribution in [3.8, 4) is 0 Å². The van der Waals surface area contributed by atoms with E-state index in [1.807, 2.05) is 24.4 Å². The fraction of sp³-hybridized carbons (Fsp3) is 0.375. The van der Waals surface area contributed by atoms with Gasteiger partial charge in [-0.05, 0) is 54.8 Å². The van der Waals surface area contributed by atoms with Crippen molar-refractivity contribution >= 4 is 27.7 Å². The Morgan fingerprint density at radius 3 is 2.77 bits per heavy atom. The van der Waals surface area contributed by atoms with Gasteiger partial charge in [-0.25, -0.2) is 9.18 Å². The molecule has 5 rings (SSSR count). The molecule has 1 unspecified atom stereocenters. The minimum Gasteiger partial charge on any atom is -0.405 e. The van der Waals surface area contributed by atoms with Gasteiger partial charge in [0, 0.05) is 50.3 Å². The molecule has 2 aromatic carbocycles. The van der Waals surface area contributed by atoms with Crippen LogP contribution in [0.1, 0.15) is 24.8 Å². The minimum atomic E-state index is -0.327. The lowest BCUT2D eigenvalue weighted by molar-refractivity contribution is 0.250. The molecule has 0 saturated carbocycles. The zero-order valence-electron chi connectivity index (χ0n) is 17.9. The second-order valence-electron chi connectivity index (χ2n) is 8.50. The molecule has 6 nitrogen and oxygen atoms in total. The van der Waals surface area contributed by atoms with Gasteiger partial charge in [-0.3, -0.25) is 9.47 Å². The van der Waals surface area contributed by atoms with Gasteiger partial charge >= 0.3 is 5.76 Å². The third-order valence-electron chi connectivity index (χ3n) is 6.60. The van der Waals surface area contributed by atoms with Crippen molar-refractivity contribution in [3.05, 3.63) is 64.5 Å². The topological polar surface area (TPSA) is 57.4 Å². The van der Waals surface area contributed by atoms with Gasteiger partial charge in [-0.15, -0.1) is 0 Å². The molecule has 0 amide bonds.